The topological polar surface area (TPSA) is 29.3 Å². The van der Waals surface area contributed by atoms with Gasteiger partial charge in [-0.3, -0.25) is 0 Å². The maximum Gasteiger partial charge on any atom is 0.123 e. The number of halogens is 1. The van der Waals surface area contributed by atoms with E-state index < -0.39 is 0 Å². The summed E-state index contributed by atoms with van der Waals surface area (Å²) in [7, 11) is 4.08. The summed E-state index contributed by atoms with van der Waals surface area (Å²) in [6.45, 7) is 2.88. The molecule has 1 rings (SSSR count). The Morgan fingerprint density at radius 1 is 1.44 bits per heavy atom. The molecule has 1 aromatic rings. The van der Waals surface area contributed by atoms with E-state index in [1.807, 2.05) is 27.1 Å². The van der Waals surface area contributed by atoms with Crippen molar-refractivity contribution in [2.24, 2.45) is 5.73 Å². The second kappa shape index (κ2) is 6.23. The minimum absolute atomic E-state index is 0.127. The molecule has 0 radical (unpaired) electrons. The Kier molecular flexibility index (Phi) is 5.25. The molecule has 0 fully saturated rings. The van der Waals surface area contributed by atoms with Gasteiger partial charge in [0.15, 0.2) is 0 Å². The lowest BCUT2D eigenvalue weighted by atomic mass is 10.1. The standard InChI is InChI=1S/C12H19FN2S/c1-9(14)11-8-10(13)4-5-12(11)16-7-6-15(2)3/h4-5,8-9H,6-7,14H2,1-3H3/t9-/m0/s1. The third-order valence-corrected chi connectivity index (χ3v) is 3.33. The predicted octanol–water partition coefficient (Wildman–Crippen LogP) is 2.50. The molecule has 0 aliphatic rings. The van der Waals surface area contributed by atoms with Gasteiger partial charge in [-0.05, 0) is 44.8 Å². The highest BCUT2D eigenvalue weighted by Gasteiger charge is 2.08. The van der Waals surface area contributed by atoms with Crippen molar-refractivity contribution in [1.82, 2.24) is 4.90 Å². The first-order valence-electron chi connectivity index (χ1n) is 5.33. The second-order valence-electron chi connectivity index (χ2n) is 4.12. The highest BCUT2D eigenvalue weighted by atomic mass is 32.2. The van der Waals surface area contributed by atoms with Crippen LogP contribution in [0.15, 0.2) is 23.1 Å². The summed E-state index contributed by atoms with van der Waals surface area (Å²) in [6, 6.07) is 4.71. The molecular weight excluding hydrogens is 223 g/mol. The van der Waals surface area contributed by atoms with Gasteiger partial charge in [-0.15, -0.1) is 11.8 Å². The Bertz CT molecular complexity index is 340. The Morgan fingerprint density at radius 3 is 2.69 bits per heavy atom. The molecule has 1 aromatic carbocycles. The molecule has 0 bridgehead atoms. The minimum atomic E-state index is -0.218. The molecule has 0 aliphatic carbocycles. The van der Waals surface area contributed by atoms with Crippen molar-refractivity contribution in [2.45, 2.75) is 17.9 Å². The van der Waals surface area contributed by atoms with Gasteiger partial charge in [0.1, 0.15) is 5.82 Å². The van der Waals surface area contributed by atoms with Crippen molar-refractivity contribution in [3.63, 3.8) is 0 Å². The van der Waals surface area contributed by atoms with Gasteiger partial charge in [-0.25, -0.2) is 4.39 Å². The summed E-state index contributed by atoms with van der Waals surface area (Å²) in [5.74, 6) is 0.766. The molecule has 16 heavy (non-hydrogen) atoms. The molecule has 0 aliphatic heterocycles. The molecule has 0 aromatic heterocycles. The van der Waals surface area contributed by atoms with Gasteiger partial charge in [-0.2, -0.15) is 0 Å². The lowest BCUT2D eigenvalue weighted by molar-refractivity contribution is 0.437. The van der Waals surface area contributed by atoms with Gasteiger partial charge in [0.05, 0.1) is 0 Å². The first kappa shape index (κ1) is 13.5. The van der Waals surface area contributed by atoms with Gasteiger partial charge in [0.25, 0.3) is 0 Å². The average molecular weight is 242 g/mol. The molecule has 2 N–H and O–H groups in total. The van der Waals surface area contributed by atoms with Crippen LogP contribution in [0, 0.1) is 5.82 Å². The van der Waals surface area contributed by atoms with E-state index in [2.05, 4.69) is 4.90 Å². The SMILES string of the molecule is C[C@H](N)c1cc(F)ccc1SCCN(C)C. The van der Waals surface area contributed by atoms with Crippen LogP contribution in [-0.4, -0.2) is 31.3 Å². The van der Waals surface area contributed by atoms with Crippen LogP contribution in [0.25, 0.3) is 0 Å². The molecule has 0 unspecified atom stereocenters. The Morgan fingerprint density at radius 2 is 2.12 bits per heavy atom. The summed E-state index contributed by atoms with van der Waals surface area (Å²) < 4.78 is 13.1. The monoisotopic (exact) mass is 242 g/mol. The molecule has 0 saturated heterocycles. The van der Waals surface area contributed by atoms with Crippen LogP contribution in [0.5, 0.6) is 0 Å². The molecule has 2 nitrogen and oxygen atoms in total. The molecule has 0 spiro atoms. The highest BCUT2D eigenvalue weighted by molar-refractivity contribution is 7.99. The highest BCUT2D eigenvalue weighted by Crippen LogP contribution is 2.27. The summed E-state index contributed by atoms with van der Waals surface area (Å²) in [6.07, 6.45) is 0. The van der Waals surface area contributed by atoms with E-state index in [1.54, 1.807) is 11.8 Å². The first-order chi connectivity index (χ1) is 7.50. The lowest BCUT2D eigenvalue weighted by Crippen LogP contribution is -2.15. The number of hydrogen-bond donors (Lipinski definition) is 1. The third kappa shape index (κ3) is 4.12. The number of benzene rings is 1. The molecule has 4 heteroatoms. The smallest absolute Gasteiger partial charge is 0.123 e. The quantitative estimate of drug-likeness (QED) is 0.804. The van der Waals surface area contributed by atoms with Gasteiger partial charge < -0.3 is 10.6 Å². The van der Waals surface area contributed by atoms with Crippen molar-refractivity contribution < 1.29 is 4.39 Å². The first-order valence-corrected chi connectivity index (χ1v) is 6.32. The zero-order valence-corrected chi connectivity index (χ0v) is 10.9. The van der Waals surface area contributed by atoms with Crippen LogP contribution in [-0.2, 0) is 0 Å². The lowest BCUT2D eigenvalue weighted by Gasteiger charge is -2.14. The second-order valence-corrected chi connectivity index (χ2v) is 5.26. The van der Waals surface area contributed by atoms with E-state index in [0.29, 0.717) is 0 Å². The van der Waals surface area contributed by atoms with E-state index in [1.165, 1.54) is 12.1 Å². The van der Waals surface area contributed by atoms with E-state index >= 15 is 0 Å². The third-order valence-electron chi connectivity index (χ3n) is 2.26. The minimum Gasteiger partial charge on any atom is -0.324 e. The molecule has 90 valence electrons. The summed E-state index contributed by atoms with van der Waals surface area (Å²) in [4.78, 5) is 3.21. The fourth-order valence-corrected chi connectivity index (χ4v) is 2.60. The Labute approximate surface area is 101 Å². The predicted molar refractivity (Wildman–Crippen MR) is 68.3 cm³/mol. The zero-order chi connectivity index (χ0) is 12.1. The van der Waals surface area contributed by atoms with Crippen LogP contribution in [0.2, 0.25) is 0 Å². The number of thioether (sulfide) groups is 1. The average Bonchev–Trinajstić information content (AvgIpc) is 2.19. The molecule has 0 heterocycles. The van der Waals surface area contributed by atoms with Crippen molar-refractivity contribution in [2.75, 3.05) is 26.4 Å². The zero-order valence-electron chi connectivity index (χ0n) is 10.0. The van der Waals surface area contributed by atoms with Gasteiger partial charge in [0.2, 0.25) is 0 Å². The van der Waals surface area contributed by atoms with Gasteiger partial charge >= 0.3 is 0 Å². The Balaban J connectivity index is 2.71. The van der Waals surface area contributed by atoms with Gasteiger partial charge in [0, 0.05) is 23.2 Å². The number of nitrogens with two attached hydrogens (primary N) is 1. The number of nitrogens with zero attached hydrogens (tertiary/aromatic N) is 1. The fourth-order valence-electron chi connectivity index (χ4n) is 1.34. The van der Waals surface area contributed by atoms with E-state index in [-0.39, 0.29) is 11.9 Å². The van der Waals surface area contributed by atoms with Crippen molar-refractivity contribution in [3.05, 3.63) is 29.6 Å². The summed E-state index contributed by atoms with van der Waals surface area (Å²) in [5.41, 5.74) is 6.72. The Hall–Kier alpha value is -0.580. The van der Waals surface area contributed by atoms with Crippen LogP contribution >= 0.6 is 11.8 Å². The van der Waals surface area contributed by atoms with Crippen molar-refractivity contribution >= 4 is 11.8 Å². The summed E-state index contributed by atoms with van der Waals surface area (Å²) >= 11 is 1.72. The molecular formula is C12H19FN2S. The van der Waals surface area contributed by atoms with Crippen LogP contribution in [0.1, 0.15) is 18.5 Å². The van der Waals surface area contributed by atoms with Gasteiger partial charge in [-0.1, -0.05) is 0 Å². The largest absolute Gasteiger partial charge is 0.324 e. The van der Waals surface area contributed by atoms with Crippen LogP contribution < -0.4 is 5.73 Å². The normalized spacial score (nSPS) is 13.1. The molecule has 1 atom stereocenters. The number of rotatable bonds is 5. The number of hydrogen-bond acceptors (Lipinski definition) is 3. The molecule has 0 amide bonds. The maximum absolute atomic E-state index is 13.1. The summed E-state index contributed by atoms with van der Waals surface area (Å²) in [5, 5.41) is 0. The van der Waals surface area contributed by atoms with Crippen LogP contribution in [0.4, 0.5) is 4.39 Å². The fraction of sp³-hybridized carbons (Fsp3) is 0.500. The van der Waals surface area contributed by atoms with E-state index in [0.717, 1.165) is 22.8 Å². The van der Waals surface area contributed by atoms with E-state index in [4.69, 9.17) is 5.73 Å². The van der Waals surface area contributed by atoms with Crippen molar-refractivity contribution in [1.29, 1.82) is 0 Å². The maximum atomic E-state index is 13.1. The van der Waals surface area contributed by atoms with Crippen molar-refractivity contribution in [3.8, 4) is 0 Å². The van der Waals surface area contributed by atoms with E-state index in [9.17, 15) is 4.39 Å². The molecule has 0 saturated carbocycles. The van der Waals surface area contributed by atoms with Crippen LogP contribution in [0.3, 0.4) is 0 Å².